The van der Waals surface area contributed by atoms with Crippen molar-refractivity contribution in [1.82, 2.24) is 5.32 Å². The molecule has 0 atom stereocenters. The second kappa shape index (κ2) is 5.63. The zero-order valence-electron chi connectivity index (χ0n) is 10.6. The highest BCUT2D eigenvalue weighted by Gasteiger charge is 2.08. The molecule has 2 aromatic carbocycles. The van der Waals surface area contributed by atoms with Crippen LogP contribution in [0, 0.1) is 5.82 Å². The Hall–Kier alpha value is -2.20. The molecule has 0 radical (unpaired) electrons. The lowest BCUT2D eigenvalue weighted by Crippen LogP contribution is -2.10. The number of carbonyl (C=O) groups is 1. The van der Waals surface area contributed by atoms with Crippen molar-refractivity contribution >= 4 is 5.91 Å². The third-order valence-electron chi connectivity index (χ3n) is 2.87. The predicted molar refractivity (Wildman–Crippen MR) is 73.1 cm³/mol. The van der Waals surface area contributed by atoms with Crippen molar-refractivity contribution in [1.29, 1.82) is 0 Å². The lowest BCUT2D eigenvalue weighted by atomic mass is 10.0. The second-order valence-corrected chi connectivity index (χ2v) is 4.29. The first-order valence-electron chi connectivity index (χ1n) is 5.95. The summed E-state index contributed by atoms with van der Waals surface area (Å²) in [6.07, 6.45) is 0. The summed E-state index contributed by atoms with van der Waals surface area (Å²) in [5, 5.41) is 2.97. The number of rotatable bonds is 4. The molecule has 3 N–H and O–H groups in total. The summed E-state index contributed by atoms with van der Waals surface area (Å²) in [5.41, 5.74) is 7.57. The molecule has 0 saturated heterocycles. The topological polar surface area (TPSA) is 55.1 Å². The summed E-state index contributed by atoms with van der Waals surface area (Å²) >= 11 is 0. The summed E-state index contributed by atoms with van der Waals surface area (Å²) in [6, 6.07) is 11.7. The number of benzene rings is 2. The minimum Gasteiger partial charge on any atom is -0.366 e. The first-order valence-corrected chi connectivity index (χ1v) is 5.95. The third kappa shape index (κ3) is 2.98. The number of primary amides is 1. The maximum atomic E-state index is 14.0. The van der Waals surface area contributed by atoms with Gasteiger partial charge in [0.15, 0.2) is 0 Å². The van der Waals surface area contributed by atoms with Crippen molar-refractivity contribution in [2.75, 3.05) is 7.05 Å². The molecule has 2 rings (SSSR count). The quantitative estimate of drug-likeness (QED) is 0.884. The van der Waals surface area contributed by atoms with E-state index in [0.29, 0.717) is 23.2 Å². The van der Waals surface area contributed by atoms with E-state index in [0.717, 1.165) is 5.56 Å². The summed E-state index contributed by atoms with van der Waals surface area (Å²) in [6.45, 7) is 0.610. The van der Waals surface area contributed by atoms with Crippen LogP contribution in [0.15, 0.2) is 42.5 Å². The molecule has 0 heterocycles. The third-order valence-corrected chi connectivity index (χ3v) is 2.87. The van der Waals surface area contributed by atoms with E-state index < -0.39 is 5.91 Å². The normalized spacial score (nSPS) is 10.4. The van der Waals surface area contributed by atoms with Crippen molar-refractivity contribution in [3.63, 3.8) is 0 Å². The maximum Gasteiger partial charge on any atom is 0.248 e. The van der Waals surface area contributed by atoms with E-state index in [-0.39, 0.29) is 5.82 Å². The Balaban J connectivity index is 2.41. The minimum atomic E-state index is -0.519. The van der Waals surface area contributed by atoms with E-state index >= 15 is 0 Å². The molecule has 0 aliphatic rings. The number of amides is 1. The fourth-order valence-corrected chi connectivity index (χ4v) is 1.95. The fourth-order valence-electron chi connectivity index (χ4n) is 1.95. The van der Waals surface area contributed by atoms with Crippen molar-refractivity contribution in [2.24, 2.45) is 5.73 Å². The number of nitrogens with two attached hydrogens (primary N) is 1. The Morgan fingerprint density at radius 2 is 2.05 bits per heavy atom. The van der Waals surface area contributed by atoms with Gasteiger partial charge in [-0.2, -0.15) is 0 Å². The van der Waals surface area contributed by atoms with Gasteiger partial charge in [0.05, 0.1) is 0 Å². The van der Waals surface area contributed by atoms with Crippen LogP contribution in [0.3, 0.4) is 0 Å². The van der Waals surface area contributed by atoms with Gasteiger partial charge in [-0.1, -0.05) is 24.3 Å². The van der Waals surface area contributed by atoms with Gasteiger partial charge in [0, 0.05) is 17.7 Å². The van der Waals surface area contributed by atoms with Crippen molar-refractivity contribution in [3.8, 4) is 11.1 Å². The van der Waals surface area contributed by atoms with Crippen LogP contribution in [0.5, 0.6) is 0 Å². The van der Waals surface area contributed by atoms with Crippen LogP contribution in [-0.2, 0) is 6.54 Å². The zero-order chi connectivity index (χ0) is 13.8. The Bertz CT molecular complexity index is 611. The average molecular weight is 258 g/mol. The van der Waals surface area contributed by atoms with Crippen molar-refractivity contribution in [2.45, 2.75) is 6.54 Å². The van der Waals surface area contributed by atoms with Crippen molar-refractivity contribution < 1.29 is 9.18 Å². The van der Waals surface area contributed by atoms with Crippen LogP contribution >= 0.6 is 0 Å². The Morgan fingerprint density at radius 1 is 1.26 bits per heavy atom. The molecule has 19 heavy (non-hydrogen) atoms. The summed E-state index contributed by atoms with van der Waals surface area (Å²) in [5.74, 6) is -0.830. The van der Waals surface area contributed by atoms with Gasteiger partial charge in [-0.25, -0.2) is 4.39 Å². The zero-order valence-corrected chi connectivity index (χ0v) is 10.6. The van der Waals surface area contributed by atoms with E-state index in [1.54, 1.807) is 30.3 Å². The highest BCUT2D eigenvalue weighted by molar-refractivity contribution is 5.94. The van der Waals surface area contributed by atoms with Gasteiger partial charge >= 0.3 is 0 Å². The van der Waals surface area contributed by atoms with Crippen LogP contribution < -0.4 is 11.1 Å². The van der Waals surface area contributed by atoms with Gasteiger partial charge in [-0.3, -0.25) is 4.79 Å². The molecule has 0 aromatic heterocycles. The average Bonchev–Trinajstić information content (AvgIpc) is 2.39. The predicted octanol–water partition coefficient (Wildman–Crippen LogP) is 2.31. The molecular weight excluding hydrogens is 243 g/mol. The van der Waals surface area contributed by atoms with E-state index in [1.165, 1.54) is 6.07 Å². The smallest absolute Gasteiger partial charge is 0.248 e. The van der Waals surface area contributed by atoms with E-state index in [9.17, 15) is 9.18 Å². The molecule has 0 bridgehead atoms. The molecular formula is C15H15FN2O. The fraction of sp³-hybridized carbons (Fsp3) is 0.133. The standard InChI is InChI=1S/C15H15FN2O/c1-18-9-10-5-6-13(14(16)7-10)11-3-2-4-12(8-11)15(17)19/h2-8,18H,9H2,1H3,(H2,17,19). The minimum absolute atomic E-state index is 0.311. The van der Waals surface area contributed by atoms with Crippen molar-refractivity contribution in [3.05, 3.63) is 59.4 Å². The van der Waals surface area contributed by atoms with Gasteiger partial charge < -0.3 is 11.1 Å². The molecule has 0 aliphatic carbocycles. The molecule has 98 valence electrons. The van der Waals surface area contributed by atoms with Crippen LogP contribution in [0.1, 0.15) is 15.9 Å². The highest BCUT2D eigenvalue weighted by atomic mass is 19.1. The molecule has 1 amide bonds. The molecule has 4 heteroatoms. The summed E-state index contributed by atoms with van der Waals surface area (Å²) in [4.78, 5) is 11.1. The van der Waals surface area contributed by atoms with Gasteiger partial charge in [0.1, 0.15) is 5.82 Å². The molecule has 0 unspecified atom stereocenters. The first-order chi connectivity index (χ1) is 9.11. The Labute approximate surface area is 111 Å². The van der Waals surface area contributed by atoms with Gasteiger partial charge in [0.25, 0.3) is 0 Å². The number of hydrogen-bond acceptors (Lipinski definition) is 2. The lowest BCUT2D eigenvalue weighted by Gasteiger charge is -2.07. The molecule has 0 aliphatic heterocycles. The Morgan fingerprint density at radius 3 is 2.68 bits per heavy atom. The Kier molecular flexibility index (Phi) is 3.92. The lowest BCUT2D eigenvalue weighted by molar-refractivity contribution is 0.100. The second-order valence-electron chi connectivity index (χ2n) is 4.29. The molecule has 3 nitrogen and oxygen atoms in total. The highest BCUT2D eigenvalue weighted by Crippen LogP contribution is 2.24. The van der Waals surface area contributed by atoms with Crippen LogP contribution in [0.25, 0.3) is 11.1 Å². The van der Waals surface area contributed by atoms with Crippen LogP contribution in [-0.4, -0.2) is 13.0 Å². The summed E-state index contributed by atoms with van der Waals surface area (Å²) in [7, 11) is 1.81. The first kappa shape index (κ1) is 13.2. The molecule has 0 spiro atoms. The SMILES string of the molecule is CNCc1ccc(-c2cccc(C(N)=O)c2)c(F)c1. The van der Waals surface area contributed by atoms with Gasteiger partial charge in [0.2, 0.25) is 5.91 Å². The molecule has 0 saturated carbocycles. The molecule has 0 fully saturated rings. The van der Waals surface area contributed by atoms with E-state index in [1.807, 2.05) is 13.1 Å². The number of carbonyl (C=O) groups excluding carboxylic acids is 1. The number of hydrogen-bond donors (Lipinski definition) is 2. The van der Waals surface area contributed by atoms with E-state index in [2.05, 4.69) is 5.32 Å². The van der Waals surface area contributed by atoms with Gasteiger partial charge in [-0.05, 0) is 36.4 Å². The van der Waals surface area contributed by atoms with Crippen LogP contribution in [0.4, 0.5) is 4.39 Å². The monoisotopic (exact) mass is 258 g/mol. The summed E-state index contributed by atoms with van der Waals surface area (Å²) < 4.78 is 14.0. The number of halogens is 1. The molecule has 2 aromatic rings. The maximum absolute atomic E-state index is 14.0. The van der Waals surface area contributed by atoms with Gasteiger partial charge in [-0.15, -0.1) is 0 Å². The van der Waals surface area contributed by atoms with E-state index in [4.69, 9.17) is 5.73 Å². The van der Waals surface area contributed by atoms with Crippen LogP contribution in [0.2, 0.25) is 0 Å². The number of nitrogens with one attached hydrogen (secondary N) is 1. The largest absolute Gasteiger partial charge is 0.366 e.